The monoisotopic (exact) mass is 276 g/mol. The molecular weight excluding hydrogens is 248 g/mol. The topological polar surface area (TPSA) is 49.5 Å². The smallest absolute Gasteiger partial charge is 0.0541 e. The van der Waals surface area contributed by atoms with Gasteiger partial charge in [-0.25, -0.2) is 0 Å². The van der Waals surface area contributed by atoms with Crippen molar-refractivity contribution in [1.29, 1.82) is 0 Å². The van der Waals surface area contributed by atoms with Gasteiger partial charge in [0.2, 0.25) is 0 Å². The predicted octanol–water partition coefficient (Wildman–Crippen LogP) is 2.48. The Morgan fingerprint density at radius 2 is 1.80 bits per heavy atom. The maximum absolute atomic E-state index is 9.73. The van der Waals surface area contributed by atoms with Crippen LogP contribution in [0.25, 0.3) is 0 Å². The van der Waals surface area contributed by atoms with Gasteiger partial charge in [0.15, 0.2) is 0 Å². The summed E-state index contributed by atoms with van der Waals surface area (Å²) in [6.07, 6.45) is 1.93. The van der Waals surface area contributed by atoms with Gasteiger partial charge in [-0.15, -0.1) is 0 Å². The highest BCUT2D eigenvalue weighted by Crippen LogP contribution is 2.31. The van der Waals surface area contributed by atoms with Gasteiger partial charge in [-0.2, -0.15) is 0 Å². The van der Waals surface area contributed by atoms with E-state index in [0.29, 0.717) is 5.92 Å². The first-order valence-electron chi connectivity index (χ1n) is 7.74. The number of aryl methyl sites for hydroxylation is 1. The molecule has 2 rings (SSSR count). The zero-order valence-corrected chi connectivity index (χ0v) is 12.9. The van der Waals surface area contributed by atoms with Crippen LogP contribution in [-0.2, 0) is 0 Å². The van der Waals surface area contributed by atoms with Crippen LogP contribution in [0.5, 0.6) is 0 Å². The Morgan fingerprint density at radius 3 is 2.30 bits per heavy atom. The highest BCUT2D eigenvalue weighted by molar-refractivity contribution is 5.30. The van der Waals surface area contributed by atoms with Crippen molar-refractivity contribution in [1.82, 2.24) is 4.90 Å². The molecular formula is C17H28N2O. The summed E-state index contributed by atoms with van der Waals surface area (Å²) in [4.78, 5) is 2.49. The minimum Gasteiger partial charge on any atom is -0.393 e. The zero-order valence-electron chi connectivity index (χ0n) is 12.9. The van der Waals surface area contributed by atoms with Crippen molar-refractivity contribution in [3.63, 3.8) is 0 Å². The zero-order chi connectivity index (χ0) is 14.7. The standard InChI is InChI=1S/C17H28N2O/c1-12-6-4-5-7-16(12)17(13(2)18)19-10-8-15(9-11-19)14(3)20/h4-7,13-15,17,20H,8-11,18H2,1-3H3. The van der Waals surface area contributed by atoms with Gasteiger partial charge in [0.05, 0.1) is 6.10 Å². The van der Waals surface area contributed by atoms with Gasteiger partial charge in [0, 0.05) is 12.1 Å². The van der Waals surface area contributed by atoms with Crippen LogP contribution in [0.2, 0.25) is 0 Å². The normalized spacial score (nSPS) is 22.4. The fourth-order valence-corrected chi connectivity index (χ4v) is 3.41. The summed E-state index contributed by atoms with van der Waals surface area (Å²) < 4.78 is 0. The summed E-state index contributed by atoms with van der Waals surface area (Å²) in [7, 11) is 0. The SMILES string of the molecule is Cc1ccccc1C(C(C)N)N1CCC(C(C)O)CC1. The number of aliphatic hydroxyl groups excluding tert-OH is 1. The van der Waals surface area contributed by atoms with E-state index < -0.39 is 0 Å². The van der Waals surface area contributed by atoms with Crippen molar-refractivity contribution in [2.24, 2.45) is 11.7 Å². The summed E-state index contributed by atoms with van der Waals surface area (Å²) in [5.74, 6) is 0.442. The lowest BCUT2D eigenvalue weighted by Crippen LogP contribution is -2.45. The van der Waals surface area contributed by atoms with E-state index in [4.69, 9.17) is 5.73 Å². The molecule has 1 aromatic carbocycles. The molecule has 3 N–H and O–H groups in total. The van der Waals surface area contributed by atoms with Crippen LogP contribution in [0.3, 0.4) is 0 Å². The van der Waals surface area contributed by atoms with Crippen molar-refractivity contribution >= 4 is 0 Å². The van der Waals surface area contributed by atoms with Crippen molar-refractivity contribution in [3.05, 3.63) is 35.4 Å². The number of rotatable bonds is 4. The molecule has 0 aliphatic carbocycles. The molecule has 1 aliphatic heterocycles. The van der Waals surface area contributed by atoms with Crippen LogP contribution in [0, 0.1) is 12.8 Å². The Hall–Kier alpha value is -0.900. The van der Waals surface area contributed by atoms with Crippen LogP contribution < -0.4 is 5.73 Å². The maximum Gasteiger partial charge on any atom is 0.0541 e. The molecule has 0 amide bonds. The van der Waals surface area contributed by atoms with Crippen molar-refractivity contribution in [3.8, 4) is 0 Å². The lowest BCUT2D eigenvalue weighted by molar-refractivity contribution is 0.0510. The van der Waals surface area contributed by atoms with Crippen LogP contribution in [-0.4, -0.2) is 35.2 Å². The van der Waals surface area contributed by atoms with Gasteiger partial charge in [0.1, 0.15) is 0 Å². The molecule has 0 radical (unpaired) electrons. The third kappa shape index (κ3) is 3.40. The lowest BCUT2D eigenvalue weighted by atomic mass is 9.88. The predicted molar refractivity (Wildman–Crippen MR) is 83.5 cm³/mol. The molecule has 1 saturated heterocycles. The van der Waals surface area contributed by atoms with Crippen molar-refractivity contribution < 1.29 is 5.11 Å². The number of likely N-dealkylation sites (tertiary alicyclic amines) is 1. The van der Waals surface area contributed by atoms with E-state index in [-0.39, 0.29) is 18.2 Å². The van der Waals surface area contributed by atoms with E-state index >= 15 is 0 Å². The molecule has 0 aromatic heterocycles. The van der Waals surface area contributed by atoms with Crippen molar-refractivity contribution in [2.45, 2.75) is 51.8 Å². The second-order valence-corrected chi connectivity index (χ2v) is 6.27. The molecule has 0 bridgehead atoms. The third-order valence-electron chi connectivity index (χ3n) is 4.65. The fraction of sp³-hybridized carbons (Fsp3) is 0.647. The Kier molecular flexibility index (Phi) is 5.19. The number of benzene rings is 1. The van der Waals surface area contributed by atoms with Gasteiger partial charge < -0.3 is 10.8 Å². The first kappa shape index (κ1) is 15.5. The van der Waals surface area contributed by atoms with Gasteiger partial charge in [-0.05, 0) is 63.7 Å². The van der Waals surface area contributed by atoms with Crippen LogP contribution in [0.1, 0.15) is 43.9 Å². The molecule has 1 fully saturated rings. The Bertz CT molecular complexity index is 423. The molecule has 0 spiro atoms. The highest BCUT2D eigenvalue weighted by atomic mass is 16.3. The van der Waals surface area contributed by atoms with Crippen LogP contribution >= 0.6 is 0 Å². The first-order chi connectivity index (χ1) is 9.50. The Balaban J connectivity index is 2.13. The summed E-state index contributed by atoms with van der Waals surface area (Å²) in [5, 5.41) is 9.73. The largest absolute Gasteiger partial charge is 0.393 e. The minimum atomic E-state index is -0.190. The van der Waals surface area contributed by atoms with E-state index in [0.717, 1.165) is 25.9 Å². The molecule has 3 nitrogen and oxygen atoms in total. The summed E-state index contributed by atoms with van der Waals surface area (Å²) in [5.41, 5.74) is 8.93. The summed E-state index contributed by atoms with van der Waals surface area (Å²) in [6, 6.07) is 8.93. The number of piperidine rings is 1. The number of hydrogen-bond acceptors (Lipinski definition) is 3. The van der Waals surface area contributed by atoms with E-state index in [2.05, 4.69) is 43.0 Å². The molecule has 112 valence electrons. The number of hydrogen-bond donors (Lipinski definition) is 2. The Morgan fingerprint density at radius 1 is 1.20 bits per heavy atom. The van der Waals surface area contributed by atoms with Gasteiger partial charge >= 0.3 is 0 Å². The van der Waals surface area contributed by atoms with E-state index in [1.807, 2.05) is 6.92 Å². The Labute approximate surface area is 122 Å². The maximum atomic E-state index is 9.73. The number of aliphatic hydroxyl groups is 1. The molecule has 3 atom stereocenters. The molecule has 1 aliphatic rings. The second kappa shape index (κ2) is 6.70. The quantitative estimate of drug-likeness (QED) is 0.888. The van der Waals surface area contributed by atoms with Crippen LogP contribution in [0.15, 0.2) is 24.3 Å². The molecule has 1 aromatic rings. The van der Waals surface area contributed by atoms with Crippen molar-refractivity contribution in [2.75, 3.05) is 13.1 Å². The van der Waals surface area contributed by atoms with Gasteiger partial charge in [-0.3, -0.25) is 4.90 Å². The van der Waals surface area contributed by atoms with Crippen LogP contribution in [0.4, 0.5) is 0 Å². The molecule has 20 heavy (non-hydrogen) atoms. The average molecular weight is 276 g/mol. The molecule has 1 heterocycles. The summed E-state index contributed by atoms with van der Waals surface area (Å²) in [6.45, 7) is 8.21. The molecule has 0 saturated carbocycles. The van der Waals surface area contributed by atoms with E-state index in [1.54, 1.807) is 0 Å². The highest BCUT2D eigenvalue weighted by Gasteiger charge is 2.30. The second-order valence-electron chi connectivity index (χ2n) is 6.27. The molecule has 3 unspecified atom stereocenters. The van der Waals surface area contributed by atoms with E-state index in [1.165, 1.54) is 11.1 Å². The lowest BCUT2D eigenvalue weighted by Gasteiger charge is -2.40. The van der Waals surface area contributed by atoms with E-state index in [9.17, 15) is 5.11 Å². The fourth-order valence-electron chi connectivity index (χ4n) is 3.41. The summed E-state index contributed by atoms with van der Waals surface area (Å²) >= 11 is 0. The third-order valence-corrected chi connectivity index (χ3v) is 4.65. The number of nitrogens with zero attached hydrogens (tertiary/aromatic N) is 1. The van der Waals surface area contributed by atoms with Gasteiger partial charge in [0.25, 0.3) is 0 Å². The minimum absolute atomic E-state index is 0.110. The number of nitrogens with two attached hydrogens (primary N) is 1. The van der Waals surface area contributed by atoms with Gasteiger partial charge in [-0.1, -0.05) is 24.3 Å². The first-order valence-corrected chi connectivity index (χ1v) is 7.74. The average Bonchev–Trinajstić information content (AvgIpc) is 2.41. The molecule has 3 heteroatoms.